The van der Waals surface area contributed by atoms with Crippen LogP contribution in [0.15, 0.2) is 22.6 Å². The summed E-state index contributed by atoms with van der Waals surface area (Å²) in [5.41, 5.74) is 0.450. The van der Waals surface area contributed by atoms with Gasteiger partial charge in [-0.3, -0.25) is 0 Å². The van der Waals surface area contributed by atoms with E-state index in [1.807, 2.05) is 6.92 Å². The van der Waals surface area contributed by atoms with Crippen LogP contribution in [0.5, 0.6) is 0 Å². The number of benzene rings is 1. The Morgan fingerprint density at radius 2 is 1.70 bits per heavy atom. The zero-order chi connectivity index (χ0) is 14.9. The Labute approximate surface area is 115 Å². The third kappa shape index (κ3) is 2.72. The van der Waals surface area contributed by atoms with Gasteiger partial charge in [0, 0.05) is 23.3 Å². The summed E-state index contributed by atoms with van der Waals surface area (Å²) in [6, 6.07) is 2.39. The van der Waals surface area contributed by atoms with Crippen molar-refractivity contribution in [1.29, 1.82) is 0 Å². The van der Waals surface area contributed by atoms with Crippen LogP contribution in [0.1, 0.15) is 35.6 Å². The monoisotopic (exact) mass is 283 g/mol. The Balaban J connectivity index is 2.57. The lowest BCUT2D eigenvalue weighted by Gasteiger charge is -2.19. The second kappa shape index (κ2) is 5.71. The molecule has 0 saturated carbocycles. The van der Waals surface area contributed by atoms with Crippen molar-refractivity contribution >= 4 is 0 Å². The van der Waals surface area contributed by atoms with Crippen molar-refractivity contribution in [3.05, 3.63) is 58.3 Å². The smallest absolute Gasteiger partial charge is 0.134 e. The molecular weight excluding hydrogens is 267 g/mol. The van der Waals surface area contributed by atoms with E-state index in [1.54, 1.807) is 19.9 Å². The predicted molar refractivity (Wildman–Crippen MR) is 70.0 cm³/mol. The van der Waals surface area contributed by atoms with Gasteiger partial charge in [0.1, 0.15) is 29.0 Å². The summed E-state index contributed by atoms with van der Waals surface area (Å²) in [6.07, 6.45) is 0. The molecule has 0 saturated heterocycles. The highest BCUT2D eigenvalue weighted by atomic mass is 19.1. The van der Waals surface area contributed by atoms with Crippen molar-refractivity contribution < 1.29 is 17.6 Å². The molecular formula is C15H16F3NO. The molecule has 5 heteroatoms. The van der Waals surface area contributed by atoms with Crippen LogP contribution in [0.4, 0.5) is 13.2 Å². The maximum atomic E-state index is 14.0. The molecule has 108 valence electrons. The minimum Gasteiger partial charge on any atom is -0.466 e. The summed E-state index contributed by atoms with van der Waals surface area (Å²) < 4.78 is 46.3. The molecule has 1 aromatic heterocycles. The van der Waals surface area contributed by atoms with Crippen molar-refractivity contribution in [2.24, 2.45) is 0 Å². The molecule has 1 N–H and O–H groups in total. The fraction of sp³-hybridized carbons (Fsp3) is 0.333. The molecule has 1 unspecified atom stereocenters. The van der Waals surface area contributed by atoms with E-state index in [2.05, 4.69) is 5.32 Å². The minimum absolute atomic E-state index is 0.197. The van der Waals surface area contributed by atoms with Gasteiger partial charge in [0.15, 0.2) is 0 Å². The average molecular weight is 283 g/mol. The molecule has 1 atom stereocenters. The first kappa shape index (κ1) is 14.7. The van der Waals surface area contributed by atoms with Gasteiger partial charge in [-0.25, -0.2) is 13.2 Å². The number of aryl methyl sites for hydroxylation is 2. The van der Waals surface area contributed by atoms with Crippen LogP contribution in [0, 0.1) is 31.3 Å². The summed E-state index contributed by atoms with van der Waals surface area (Å²) in [7, 11) is 0. The highest BCUT2D eigenvalue weighted by Gasteiger charge is 2.25. The average Bonchev–Trinajstić information content (AvgIpc) is 2.66. The van der Waals surface area contributed by atoms with Gasteiger partial charge >= 0.3 is 0 Å². The van der Waals surface area contributed by atoms with E-state index >= 15 is 0 Å². The van der Waals surface area contributed by atoms with Crippen molar-refractivity contribution in [1.82, 2.24) is 5.32 Å². The lowest BCUT2D eigenvalue weighted by Crippen LogP contribution is -2.24. The Kier molecular flexibility index (Phi) is 4.18. The fourth-order valence-corrected chi connectivity index (χ4v) is 2.34. The Morgan fingerprint density at radius 1 is 1.10 bits per heavy atom. The van der Waals surface area contributed by atoms with Gasteiger partial charge in [-0.15, -0.1) is 0 Å². The van der Waals surface area contributed by atoms with Gasteiger partial charge in [-0.1, -0.05) is 6.92 Å². The highest BCUT2D eigenvalue weighted by Crippen LogP contribution is 2.31. The van der Waals surface area contributed by atoms with Crippen molar-refractivity contribution in [3.63, 3.8) is 0 Å². The van der Waals surface area contributed by atoms with Crippen LogP contribution < -0.4 is 5.32 Å². The molecule has 2 aromatic rings. The molecule has 0 bridgehead atoms. The lowest BCUT2D eigenvalue weighted by molar-refractivity contribution is 0.476. The quantitative estimate of drug-likeness (QED) is 0.917. The van der Waals surface area contributed by atoms with Gasteiger partial charge in [0.25, 0.3) is 0 Å². The van der Waals surface area contributed by atoms with Gasteiger partial charge in [0.2, 0.25) is 0 Å². The number of rotatable bonds is 4. The fourth-order valence-electron chi connectivity index (χ4n) is 2.34. The molecule has 2 nitrogen and oxygen atoms in total. The molecule has 0 spiro atoms. The SMILES string of the molecule is CCNC(c1cc(C)oc1C)c1c(F)cc(F)cc1F. The van der Waals surface area contributed by atoms with E-state index in [9.17, 15) is 13.2 Å². The van der Waals surface area contributed by atoms with Gasteiger partial charge in [-0.2, -0.15) is 0 Å². The van der Waals surface area contributed by atoms with E-state index in [-0.39, 0.29) is 5.56 Å². The first-order valence-corrected chi connectivity index (χ1v) is 6.38. The summed E-state index contributed by atoms with van der Waals surface area (Å²) in [4.78, 5) is 0. The second-order valence-corrected chi connectivity index (χ2v) is 4.64. The van der Waals surface area contributed by atoms with Crippen LogP contribution in [0.25, 0.3) is 0 Å². The molecule has 0 fully saturated rings. The summed E-state index contributed by atoms with van der Waals surface area (Å²) in [5.74, 6) is -1.52. The molecule has 1 heterocycles. The predicted octanol–water partition coefficient (Wildman–Crippen LogP) is 4.01. The van der Waals surface area contributed by atoms with Crippen molar-refractivity contribution in [2.75, 3.05) is 6.54 Å². The first-order valence-electron chi connectivity index (χ1n) is 6.38. The normalized spacial score (nSPS) is 12.7. The maximum Gasteiger partial charge on any atom is 0.134 e. The molecule has 0 aliphatic heterocycles. The van der Waals surface area contributed by atoms with Crippen LogP contribution in [0.2, 0.25) is 0 Å². The van der Waals surface area contributed by atoms with Crippen LogP contribution >= 0.6 is 0 Å². The zero-order valence-electron chi connectivity index (χ0n) is 11.6. The summed E-state index contributed by atoms with van der Waals surface area (Å²) in [5, 5.41) is 3.01. The van der Waals surface area contributed by atoms with E-state index < -0.39 is 23.5 Å². The van der Waals surface area contributed by atoms with E-state index in [4.69, 9.17) is 4.42 Å². The first-order chi connectivity index (χ1) is 9.43. The molecule has 2 rings (SSSR count). The number of hydrogen-bond donors (Lipinski definition) is 1. The molecule has 0 aliphatic rings. The van der Waals surface area contributed by atoms with Crippen LogP contribution in [-0.4, -0.2) is 6.54 Å². The van der Waals surface area contributed by atoms with Crippen LogP contribution in [-0.2, 0) is 0 Å². The van der Waals surface area contributed by atoms with E-state index in [0.717, 1.165) is 0 Å². The zero-order valence-corrected chi connectivity index (χ0v) is 11.6. The number of halogens is 3. The summed E-state index contributed by atoms with van der Waals surface area (Å²) in [6.45, 7) is 5.82. The Hall–Kier alpha value is -1.75. The molecule has 0 amide bonds. The number of nitrogens with one attached hydrogen (secondary N) is 1. The third-order valence-corrected chi connectivity index (χ3v) is 3.13. The van der Waals surface area contributed by atoms with Crippen molar-refractivity contribution in [2.45, 2.75) is 26.8 Å². The Morgan fingerprint density at radius 3 is 2.15 bits per heavy atom. The number of hydrogen-bond acceptors (Lipinski definition) is 2. The third-order valence-electron chi connectivity index (χ3n) is 3.13. The standard InChI is InChI=1S/C15H16F3NO/c1-4-19-15(11-5-8(2)20-9(11)3)14-12(17)6-10(16)7-13(14)18/h5-7,15,19H,4H2,1-3H3. The molecule has 20 heavy (non-hydrogen) atoms. The maximum absolute atomic E-state index is 14.0. The summed E-state index contributed by atoms with van der Waals surface area (Å²) >= 11 is 0. The van der Waals surface area contributed by atoms with Crippen molar-refractivity contribution in [3.8, 4) is 0 Å². The largest absolute Gasteiger partial charge is 0.466 e. The van der Waals surface area contributed by atoms with E-state index in [0.29, 0.717) is 35.8 Å². The minimum atomic E-state index is -0.931. The van der Waals surface area contributed by atoms with Gasteiger partial charge in [-0.05, 0) is 26.5 Å². The topological polar surface area (TPSA) is 25.2 Å². The molecule has 1 aromatic carbocycles. The highest BCUT2D eigenvalue weighted by molar-refractivity contribution is 5.36. The Bertz CT molecular complexity index is 599. The van der Waals surface area contributed by atoms with Gasteiger partial charge in [0.05, 0.1) is 6.04 Å². The number of furan rings is 1. The lowest BCUT2D eigenvalue weighted by atomic mass is 9.97. The van der Waals surface area contributed by atoms with Crippen LogP contribution in [0.3, 0.4) is 0 Å². The molecule has 0 radical (unpaired) electrons. The second-order valence-electron chi connectivity index (χ2n) is 4.64. The van der Waals surface area contributed by atoms with Gasteiger partial charge < -0.3 is 9.73 Å². The molecule has 0 aliphatic carbocycles. The van der Waals surface area contributed by atoms with E-state index in [1.165, 1.54) is 0 Å².